The summed E-state index contributed by atoms with van der Waals surface area (Å²) in [6.45, 7) is 10.5. The molecule has 0 fully saturated rings. The number of amides is 1. The van der Waals surface area contributed by atoms with Gasteiger partial charge in [-0.3, -0.25) is 10.1 Å². The maximum atomic E-state index is 13.1. The van der Waals surface area contributed by atoms with Crippen LogP contribution in [0.5, 0.6) is 17.2 Å². The summed E-state index contributed by atoms with van der Waals surface area (Å²) in [5, 5.41) is 6.02. The molecule has 0 aromatic heterocycles. The molecular formula is C24H33N3O6S. The molecule has 0 bridgehead atoms. The van der Waals surface area contributed by atoms with Crippen molar-refractivity contribution in [2.45, 2.75) is 45.1 Å². The van der Waals surface area contributed by atoms with Gasteiger partial charge in [0.25, 0.3) is 0 Å². The summed E-state index contributed by atoms with van der Waals surface area (Å²) in [7, 11) is -3.77. The topological polar surface area (TPSA) is 106 Å². The maximum Gasteiger partial charge on any atom is 0.246 e. The van der Waals surface area contributed by atoms with Crippen molar-refractivity contribution in [3.8, 4) is 17.2 Å². The molecule has 0 atom stereocenters. The Balaban J connectivity index is 1.73. The highest BCUT2D eigenvalue weighted by atomic mass is 32.2. The molecule has 3 rings (SSSR count). The zero-order chi connectivity index (χ0) is 24.9. The van der Waals surface area contributed by atoms with Crippen LogP contribution in [0.15, 0.2) is 41.3 Å². The van der Waals surface area contributed by atoms with E-state index in [1.807, 2.05) is 32.0 Å². The van der Waals surface area contributed by atoms with Crippen LogP contribution < -0.4 is 24.8 Å². The molecule has 0 spiro atoms. The van der Waals surface area contributed by atoms with Gasteiger partial charge in [-0.15, -0.1) is 0 Å². The number of benzene rings is 2. The first-order chi connectivity index (χ1) is 16.1. The van der Waals surface area contributed by atoms with Gasteiger partial charge in [0.15, 0.2) is 11.5 Å². The van der Waals surface area contributed by atoms with Crippen LogP contribution in [0.2, 0.25) is 0 Å². The molecule has 10 heteroatoms. The number of fused-ring (bicyclic) bond motifs is 1. The first-order valence-corrected chi connectivity index (χ1v) is 12.8. The van der Waals surface area contributed by atoms with Crippen molar-refractivity contribution in [3.05, 3.63) is 42.0 Å². The van der Waals surface area contributed by atoms with Gasteiger partial charge >= 0.3 is 0 Å². The molecule has 0 aliphatic carbocycles. The first-order valence-electron chi connectivity index (χ1n) is 11.3. The third-order valence-corrected chi connectivity index (χ3v) is 7.71. The lowest BCUT2D eigenvalue weighted by molar-refractivity contribution is -0.115. The number of rotatable bonds is 11. The molecule has 0 unspecified atom stereocenters. The van der Waals surface area contributed by atoms with Crippen molar-refractivity contribution in [2.24, 2.45) is 0 Å². The van der Waals surface area contributed by atoms with Gasteiger partial charge in [0, 0.05) is 24.3 Å². The van der Waals surface area contributed by atoms with Crippen molar-refractivity contribution in [1.82, 2.24) is 9.62 Å². The smallest absolute Gasteiger partial charge is 0.246 e. The predicted molar refractivity (Wildman–Crippen MR) is 130 cm³/mol. The molecule has 1 heterocycles. The van der Waals surface area contributed by atoms with E-state index in [0.717, 1.165) is 5.56 Å². The van der Waals surface area contributed by atoms with Crippen LogP contribution >= 0.6 is 0 Å². The molecule has 186 valence electrons. The Labute approximate surface area is 201 Å². The monoisotopic (exact) mass is 491 g/mol. The average molecular weight is 492 g/mol. The highest BCUT2D eigenvalue weighted by molar-refractivity contribution is 7.89. The third-order valence-electron chi connectivity index (χ3n) is 5.64. The Morgan fingerprint density at radius 2 is 1.76 bits per heavy atom. The lowest BCUT2D eigenvalue weighted by atomic mass is 9.94. The second kappa shape index (κ2) is 10.6. The second-order valence-electron chi connectivity index (χ2n) is 8.28. The largest absolute Gasteiger partial charge is 0.492 e. The van der Waals surface area contributed by atoms with Crippen LogP contribution in [0.1, 0.15) is 40.2 Å². The van der Waals surface area contributed by atoms with Crippen molar-refractivity contribution in [2.75, 3.05) is 38.4 Å². The van der Waals surface area contributed by atoms with E-state index in [-0.39, 0.29) is 29.9 Å². The number of nitrogens with one attached hydrogen (secondary N) is 2. The van der Waals surface area contributed by atoms with Crippen molar-refractivity contribution < 1.29 is 27.4 Å². The zero-order valence-corrected chi connectivity index (χ0v) is 21.1. The van der Waals surface area contributed by atoms with Crippen molar-refractivity contribution >= 4 is 21.6 Å². The molecule has 0 radical (unpaired) electrons. The van der Waals surface area contributed by atoms with Gasteiger partial charge in [0.05, 0.1) is 13.2 Å². The van der Waals surface area contributed by atoms with E-state index < -0.39 is 15.6 Å². The molecule has 2 N–H and O–H groups in total. The Morgan fingerprint density at radius 1 is 1.06 bits per heavy atom. The summed E-state index contributed by atoms with van der Waals surface area (Å²) in [5.74, 6) is 1.33. The fourth-order valence-electron chi connectivity index (χ4n) is 3.66. The Kier molecular flexibility index (Phi) is 8.06. The summed E-state index contributed by atoms with van der Waals surface area (Å²) in [5.41, 5.74) is 0.800. The Hall–Kier alpha value is -2.82. The van der Waals surface area contributed by atoms with E-state index in [0.29, 0.717) is 36.9 Å². The first kappa shape index (κ1) is 25.8. The lowest BCUT2D eigenvalue weighted by Gasteiger charge is -2.27. The predicted octanol–water partition coefficient (Wildman–Crippen LogP) is 3.31. The van der Waals surface area contributed by atoms with Crippen LogP contribution in [0, 0.1) is 0 Å². The van der Waals surface area contributed by atoms with E-state index in [4.69, 9.17) is 14.2 Å². The quantitative estimate of drug-likeness (QED) is 0.497. The number of carbonyl (C=O) groups is 1. The normalized spacial score (nSPS) is 13.2. The summed E-state index contributed by atoms with van der Waals surface area (Å²) in [6.07, 6.45) is 0. The average Bonchev–Trinajstić information content (AvgIpc) is 3.27. The van der Waals surface area contributed by atoms with Gasteiger partial charge in [-0.05, 0) is 56.7 Å². The second-order valence-corrected chi connectivity index (χ2v) is 10.2. The Morgan fingerprint density at radius 3 is 2.44 bits per heavy atom. The number of ether oxygens (including phenoxy) is 3. The van der Waals surface area contributed by atoms with Gasteiger partial charge in [-0.1, -0.05) is 19.9 Å². The summed E-state index contributed by atoms with van der Waals surface area (Å²) >= 11 is 0. The van der Waals surface area contributed by atoms with Crippen molar-refractivity contribution in [3.63, 3.8) is 0 Å². The summed E-state index contributed by atoms with van der Waals surface area (Å²) in [4.78, 5) is 12.7. The van der Waals surface area contributed by atoms with Crippen LogP contribution in [0.3, 0.4) is 0 Å². The van der Waals surface area contributed by atoms with Crippen molar-refractivity contribution in [1.29, 1.82) is 0 Å². The number of nitrogens with zero attached hydrogens (tertiary/aromatic N) is 1. The molecule has 9 nitrogen and oxygen atoms in total. The third kappa shape index (κ3) is 5.63. The van der Waals surface area contributed by atoms with Crippen LogP contribution in [0.25, 0.3) is 0 Å². The van der Waals surface area contributed by atoms with E-state index in [2.05, 4.69) is 10.6 Å². The summed E-state index contributed by atoms with van der Waals surface area (Å²) in [6, 6.07) is 10.3. The van der Waals surface area contributed by atoms with Gasteiger partial charge in [-0.2, -0.15) is 4.31 Å². The molecule has 1 aliphatic heterocycles. The Bertz CT molecular complexity index is 1130. The van der Waals surface area contributed by atoms with E-state index in [1.54, 1.807) is 32.9 Å². The highest BCUT2D eigenvalue weighted by Crippen LogP contribution is 2.35. The highest BCUT2D eigenvalue weighted by Gasteiger charge is 2.27. The zero-order valence-electron chi connectivity index (χ0n) is 20.3. The molecule has 34 heavy (non-hydrogen) atoms. The molecule has 1 amide bonds. The van der Waals surface area contributed by atoms with E-state index in [1.165, 1.54) is 10.4 Å². The number of hydrogen-bond donors (Lipinski definition) is 2. The molecule has 2 aromatic rings. The molecule has 2 aromatic carbocycles. The number of anilines is 1. The number of sulfonamides is 1. The van der Waals surface area contributed by atoms with E-state index in [9.17, 15) is 13.2 Å². The number of carbonyl (C=O) groups excluding carboxylic acids is 1. The summed E-state index contributed by atoms with van der Waals surface area (Å²) < 4.78 is 43.9. The fraction of sp³-hybridized carbons (Fsp3) is 0.458. The molecule has 1 aliphatic rings. The fourth-order valence-corrected chi connectivity index (χ4v) is 5.27. The van der Waals surface area contributed by atoms with Gasteiger partial charge in [-0.25, -0.2) is 8.42 Å². The van der Waals surface area contributed by atoms with Gasteiger partial charge < -0.3 is 19.5 Å². The molecule has 0 saturated heterocycles. The lowest BCUT2D eigenvalue weighted by Crippen LogP contribution is -2.41. The van der Waals surface area contributed by atoms with Crippen LogP contribution in [-0.2, 0) is 20.4 Å². The van der Waals surface area contributed by atoms with Crippen LogP contribution in [-0.4, -0.2) is 51.7 Å². The van der Waals surface area contributed by atoms with Gasteiger partial charge in [0.1, 0.15) is 10.6 Å². The van der Waals surface area contributed by atoms with Gasteiger partial charge in [0.2, 0.25) is 22.7 Å². The number of hydrogen-bond acceptors (Lipinski definition) is 7. The van der Waals surface area contributed by atoms with Crippen LogP contribution in [0.4, 0.5) is 5.69 Å². The minimum absolute atomic E-state index is 0.0206. The molecule has 0 saturated carbocycles. The standard InChI is InChI=1S/C24H33N3O6S/c1-6-27(7-2)34(29,30)22-14-18(10-12-20(22)31-8-3)26-23(28)15-25-24(4,5)17-9-11-19-21(13-17)33-16-32-19/h9-14,25H,6-8,15-16H2,1-5H3,(H,26,28). The van der Waals surface area contributed by atoms with E-state index >= 15 is 0 Å². The maximum absolute atomic E-state index is 13.1. The SMILES string of the molecule is CCOc1ccc(NC(=O)CNC(C)(C)c2ccc3c(c2)OCO3)cc1S(=O)(=O)N(CC)CC. The minimum atomic E-state index is -3.77. The molecular weight excluding hydrogens is 458 g/mol. The minimum Gasteiger partial charge on any atom is -0.492 e.